The minimum absolute atomic E-state index is 0.328. The van der Waals surface area contributed by atoms with E-state index in [0.717, 1.165) is 41.0 Å². The summed E-state index contributed by atoms with van der Waals surface area (Å²) in [7, 11) is -1.91. The molecule has 4 aliphatic carbocycles. The first kappa shape index (κ1) is 33.1. The van der Waals surface area contributed by atoms with Gasteiger partial charge in [-0.3, -0.25) is 0 Å². The van der Waals surface area contributed by atoms with Gasteiger partial charge in [-0.05, 0) is 126 Å². The summed E-state index contributed by atoms with van der Waals surface area (Å²) >= 11 is 8.47. The Labute approximate surface area is 269 Å². The zero-order valence-electron chi connectivity index (χ0n) is 28.5. The van der Waals surface area contributed by atoms with E-state index in [-0.39, 0.29) is 0 Å². The lowest BCUT2D eigenvalue weighted by molar-refractivity contribution is -0.0539. The van der Waals surface area contributed by atoms with Crippen LogP contribution in [0.4, 0.5) is 0 Å². The summed E-state index contributed by atoms with van der Waals surface area (Å²) in [4.78, 5) is 1.38. The fraction of sp³-hybridized carbons (Fsp3) is 0.789. The number of rotatable bonds is 9. The van der Waals surface area contributed by atoms with Crippen molar-refractivity contribution in [2.75, 3.05) is 0 Å². The van der Waals surface area contributed by atoms with E-state index in [4.69, 9.17) is 16.0 Å². The van der Waals surface area contributed by atoms with Gasteiger partial charge in [-0.1, -0.05) is 98.9 Å². The average Bonchev–Trinajstić information content (AvgIpc) is 3.29. The maximum atomic E-state index is 7.47. The van der Waals surface area contributed by atoms with E-state index in [1.54, 1.807) is 5.57 Å². The van der Waals surface area contributed by atoms with Crippen molar-refractivity contribution in [1.82, 2.24) is 0 Å². The Bertz CT molecular complexity index is 1090. The van der Waals surface area contributed by atoms with Crippen LogP contribution in [0.1, 0.15) is 121 Å². The van der Waals surface area contributed by atoms with Gasteiger partial charge in [-0.25, -0.2) is 0 Å². The van der Waals surface area contributed by atoms with Crippen molar-refractivity contribution in [2.45, 2.75) is 153 Å². The molecule has 0 spiro atoms. The smallest absolute Gasteiger partial charge is 0.200 e. The molecule has 0 saturated heterocycles. The highest BCUT2D eigenvalue weighted by Gasteiger charge is 2.61. The summed E-state index contributed by atoms with van der Waals surface area (Å²) < 4.78 is 7.47. The predicted octanol–water partition coefficient (Wildman–Crippen LogP) is 12.6. The molecule has 5 rings (SSSR count). The molecule has 0 amide bonds. The van der Waals surface area contributed by atoms with Crippen LogP contribution in [-0.4, -0.2) is 19.7 Å². The number of halogens is 1. The zero-order chi connectivity index (χ0) is 30.6. The van der Waals surface area contributed by atoms with Crippen molar-refractivity contribution in [3.8, 4) is 0 Å². The Morgan fingerprint density at radius 1 is 0.881 bits per heavy atom. The van der Waals surface area contributed by atoms with Crippen LogP contribution in [-0.2, 0) is 4.43 Å². The van der Waals surface area contributed by atoms with Crippen molar-refractivity contribution in [1.29, 1.82) is 0 Å². The van der Waals surface area contributed by atoms with Crippen molar-refractivity contribution < 1.29 is 4.43 Å². The molecule has 1 nitrogen and oxygen atoms in total. The third kappa shape index (κ3) is 5.55. The number of benzene rings is 1. The van der Waals surface area contributed by atoms with Crippen LogP contribution in [0, 0.1) is 40.4 Å². The largest absolute Gasteiger partial charge is 0.413 e. The van der Waals surface area contributed by atoms with Gasteiger partial charge in [0, 0.05) is 21.3 Å². The summed E-state index contributed by atoms with van der Waals surface area (Å²) in [6.07, 6.45) is 13.9. The van der Waals surface area contributed by atoms with Crippen molar-refractivity contribution >= 4 is 31.7 Å². The molecule has 1 aromatic carbocycles. The van der Waals surface area contributed by atoms with Crippen LogP contribution in [0.25, 0.3) is 0 Å². The quantitative estimate of drug-likeness (QED) is 0.199. The molecule has 0 aliphatic heterocycles. The van der Waals surface area contributed by atoms with Crippen LogP contribution in [0.2, 0.25) is 21.6 Å². The van der Waals surface area contributed by atoms with Crippen LogP contribution in [0.5, 0.6) is 0 Å². The zero-order valence-corrected chi connectivity index (χ0v) is 31.1. The lowest BCUT2D eigenvalue weighted by Crippen LogP contribution is -2.55. The number of thioether (sulfide) groups is 1. The maximum absolute atomic E-state index is 7.47. The van der Waals surface area contributed by atoms with E-state index >= 15 is 0 Å². The third-order valence-electron chi connectivity index (χ3n) is 13.6. The first-order valence-electron chi connectivity index (χ1n) is 17.6. The Morgan fingerprint density at radius 3 is 2.12 bits per heavy atom. The molecule has 236 valence electrons. The molecule has 0 bridgehead atoms. The minimum atomic E-state index is -1.91. The SMILES string of the molecule is CC[C@H](C)[C@H]1CC[C@H]2[C@@H]3[C@@H](Sc4ccc(Cl)cc4)C=C4C[C@@H](O[Si](C(C)C)(C(C)C)C(C)C)CC[C@]4(C)[C@H]3CC[C@]12C. The molecule has 3 fully saturated rings. The Balaban J connectivity index is 1.51. The van der Waals surface area contributed by atoms with Gasteiger partial charge in [0.05, 0.1) is 0 Å². The normalized spacial score (nSPS) is 37.4. The predicted molar refractivity (Wildman–Crippen MR) is 187 cm³/mol. The molecule has 0 aromatic heterocycles. The Hall–Kier alpha value is -0.223. The molecule has 42 heavy (non-hydrogen) atoms. The monoisotopic (exact) mass is 628 g/mol. The molecular formula is C38H61ClOSSi. The van der Waals surface area contributed by atoms with Gasteiger partial charge in [-0.15, -0.1) is 11.8 Å². The fourth-order valence-corrected chi connectivity index (χ4v) is 18.5. The van der Waals surface area contributed by atoms with E-state index in [1.165, 1.54) is 49.8 Å². The lowest BCUT2D eigenvalue weighted by atomic mass is 9.47. The highest BCUT2D eigenvalue weighted by Crippen LogP contribution is 2.69. The highest BCUT2D eigenvalue weighted by molar-refractivity contribution is 8.00. The van der Waals surface area contributed by atoms with Gasteiger partial charge < -0.3 is 4.43 Å². The number of fused-ring (bicyclic) bond motifs is 5. The second-order valence-corrected chi connectivity index (χ2v) is 23.4. The van der Waals surface area contributed by atoms with Gasteiger partial charge in [0.2, 0.25) is 8.32 Å². The summed E-state index contributed by atoms with van der Waals surface area (Å²) in [5.41, 5.74) is 4.48. The second-order valence-electron chi connectivity index (χ2n) is 16.4. The van der Waals surface area contributed by atoms with Gasteiger partial charge in [0.15, 0.2) is 0 Å². The van der Waals surface area contributed by atoms with Gasteiger partial charge >= 0.3 is 0 Å². The van der Waals surface area contributed by atoms with Crippen molar-refractivity contribution in [3.05, 3.63) is 40.9 Å². The van der Waals surface area contributed by atoms with E-state index in [1.807, 2.05) is 0 Å². The summed E-state index contributed by atoms with van der Waals surface area (Å²) in [5.74, 6) is 4.12. The molecule has 0 radical (unpaired) electrons. The lowest BCUT2D eigenvalue weighted by Gasteiger charge is -2.60. The summed E-state index contributed by atoms with van der Waals surface area (Å²) in [5, 5.41) is 1.38. The third-order valence-corrected chi connectivity index (χ3v) is 21.3. The highest BCUT2D eigenvalue weighted by atomic mass is 35.5. The average molecular weight is 630 g/mol. The molecule has 9 atom stereocenters. The van der Waals surface area contributed by atoms with E-state index in [9.17, 15) is 0 Å². The number of hydrogen-bond donors (Lipinski definition) is 0. The molecule has 3 saturated carbocycles. The molecule has 4 heteroatoms. The fourth-order valence-electron chi connectivity index (χ4n) is 11.4. The first-order valence-corrected chi connectivity index (χ1v) is 21.0. The van der Waals surface area contributed by atoms with E-state index in [0.29, 0.717) is 38.8 Å². The first-order chi connectivity index (χ1) is 19.8. The molecule has 0 N–H and O–H groups in total. The topological polar surface area (TPSA) is 9.23 Å². The van der Waals surface area contributed by atoms with Gasteiger partial charge in [0.1, 0.15) is 0 Å². The van der Waals surface area contributed by atoms with Crippen molar-refractivity contribution in [2.24, 2.45) is 40.4 Å². The Morgan fingerprint density at radius 2 is 1.52 bits per heavy atom. The van der Waals surface area contributed by atoms with E-state index in [2.05, 4.69) is 111 Å². The standard InChI is InChI=1S/C38H61ClOSSi/c1-11-27(8)32-16-17-33-36-34(19-21-38(32,33)10)37(9)20-18-30(40-42(24(2)3,25(4)5)26(6)7)22-28(37)23-35(36)41-31-14-12-29(39)13-15-31/h12-15,23-27,30,32-36H,11,16-22H2,1-10H3/t27-,30-,32+,33-,34-,35-,36-,37-,38+/m0/s1. The molecular weight excluding hydrogens is 568 g/mol. The molecule has 4 aliphatic rings. The van der Waals surface area contributed by atoms with Crippen LogP contribution in [0.3, 0.4) is 0 Å². The van der Waals surface area contributed by atoms with Crippen molar-refractivity contribution in [3.63, 3.8) is 0 Å². The summed E-state index contributed by atoms with van der Waals surface area (Å²) in [6, 6.07) is 8.68. The summed E-state index contributed by atoms with van der Waals surface area (Å²) in [6.45, 7) is 25.0. The molecule has 0 unspecified atom stereocenters. The van der Waals surface area contributed by atoms with Crippen LogP contribution in [0.15, 0.2) is 40.8 Å². The number of hydrogen-bond acceptors (Lipinski definition) is 2. The van der Waals surface area contributed by atoms with Gasteiger partial charge in [0.25, 0.3) is 0 Å². The van der Waals surface area contributed by atoms with E-state index < -0.39 is 8.32 Å². The molecule has 1 aromatic rings. The molecule has 0 heterocycles. The minimum Gasteiger partial charge on any atom is -0.413 e. The maximum Gasteiger partial charge on any atom is 0.200 e. The second kappa shape index (κ2) is 12.5. The van der Waals surface area contributed by atoms with Gasteiger partial charge in [-0.2, -0.15) is 0 Å². The van der Waals surface area contributed by atoms with Crippen LogP contribution < -0.4 is 0 Å². The van der Waals surface area contributed by atoms with Crippen LogP contribution >= 0.6 is 23.4 Å². The Kier molecular flexibility index (Phi) is 9.88.